The van der Waals surface area contributed by atoms with Gasteiger partial charge in [0, 0.05) is 19.2 Å². The predicted molar refractivity (Wildman–Crippen MR) is 83.0 cm³/mol. The van der Waals surface area contributed by atoms with Crippen LogP contribution in [-0.4, -0.2) is 18.3 Å². The zero-order valence-electron chi connectivity index (χ0n) is 11.8. The van der Waals surface area contributed by atoms with Gasteiger partial charge in [-0.3, -0.25) is 0 Å². The summed E-state index contributed by atoms with van der Waals surface area (Å²) in [5, 5.41) is 13.8. The Bertz CT molecular complexity index is 407. The third-order valence-corrected chi connectivity index (χ3v) is 4.11. The van der Waals surface area contributed by atoms with Crippen molar-refractivity contribution < 1.29 is 5.11 Å². The molecule has 0 saturated heterocycles. The highest BCUT2D eigenvalue weighted by atomic mass is 35.5. The monoisotopic (exact) mass is 303 g/mol. The van der Waals surface area contributed by atoms with E-state index >= 15 is 0 Å². The summed E-state index contributed by atoms with van der Waals surface area (Å²) in [6, 6.07) is 6.02. The average molecular weight is 304 g/mol. The quantitative estimate of drug-likeness (QED) is 0.780. The van der Waals surface area contributed by atoms with Gasteiger partial charge in [0.25, 0.3) is 0 Å². The highest BCUT2D eigenvalue weighted by Gasteiger charge is 2.19. The Morgan fingerprint density at radius 2 is 1.95 bits per heavy atom. The Labute approximate surface area is 126 Å². The number of aliphatic hydroxyl groups is 1. The van der Waals surface area contributed by atoms with Crippen molar-refractivity contribution in [1.29, 1.82) is 0 Å². The van der Waals surface area contributed by atoms with E-state index in [1.54, 1.807) is 0 Å². The predicted octanol–water partition coefficient (Wildman–Crippen LogP) is 4.44. The number of hydrogen-bond donors (Lipinski definition) is 2. The van der Waals surface area contributed by atoms with Crippen molar-refractivity contribution in [2.24, 2.45) is 5.41 Å². The summed E-state index contributed by atoms with van der Waals surface area (Å²) in [5.41, 5.74) is 1.23. The molecule has 0 aliphatic carbocycles. The number of hydrogen-bond acceptors (Lipinski definition) is 2. The molecule has 0 spiro atoms. The Kier molecular flexibility index (Phi) is 6.61. The molecule has 0 aliphatic heterocycles. The van der Waals surface area contributed by atoms with Crippen molar-refractivity contribution in [3.63, 3.8) is 0 Å². The standard InChI is InChI=1S/C15H23Cl2NO/c1-4-14(18-10-15(2,3)7-8-19)11-5-6-12(16)13(17)9-11/h5-6,9,14,18-19H,4,7-8,10H2,1-3H3. The number of nitrogens with one attached hydrogen (secondary N) is 1. The lowest BCUT2D eigenvalue weighted by Gasteiger charge is -2.28. The molecule has 1 aromatic carbocycles. The second-order valence-electron chi connectivity index (χ2n) is 5.65. The van der Waals surface area contributed by atoms with Crippen molar-refractivity contribution in [2.75, 3.05) is 13.2 Å². The molecule has 0 aliphatic rings. The molecule has 0 bridgehead atoms. The fourth-order valence-electron chi connectivity index (χ4n) is 2.02. The first-order valence-corrected chi connectivity index (χ1v) is 7.44. The van der Waals surface area contributed by atoms with E-state index in [2.05, 4.69) is 26.1 Å². The lowest BCUT2D eigenvalue weighted by Crippen LogP contribution is -2.32. The van der Waals surface area contributed by atoms with E-state index in [0.717, 1.165) is 24.9 Å². The smallest absolute Gasteiger partial charge is 0.0595 e. The molecular weight excluding hydrogens is 281 g/mol. The minimum absolute atomic E-state index is 0.0817. The van der Waals surface area contributed by atoms with E-state index < -0.39 is 0 Å². The number of benzene rings is 1. The van der Waals surface area contributed by atoms with Crippen LogP contribution in [0.2, 0.25) is 10.0 Å². The molecule has 0 fully saturated rings. The van der Waals surface area contributed by atoms with Gasteiger partial charge in [0.05, 0.1) is 10.0 Å². The highest BCUT2D eigenvalue weighted by Crippen LogP contribution is 2.28. The lowest BCUT2D eigenvalue weighted by molar-refractivity contribution is 0.202. The van der Waals surface area contributed by atoms with Crippen molar-refractivity contribution in [3.8, 4) is 0 Å². The normalized spacial score (nSPS) is 13.6. The van der Waals surface area contributed by atoms with Crippen LogP contribution in [0.15, 0.2) is 18.2 Å². The van der Waals surface area contributed by atoms with Crippen molar-refractivity contribution in [2.45, 2.75) is 39.7 Å². The van der Waals surface area contributed by atoms with Crippen LogP contribution in [0.5, 0.6) is 0 Å². The van der Waals surface area contributed by atoms with E-state index in [1.165, 1.54) is 0 Å². The molecule has 0 heterocycles. The van der Waals surface area contributed by atoms with Gasteiger partial charge in [-0.2, -0.15) is 0 Å². The van der Waals surface area contributed by atoms with Crippen LogP contribution in [0.3, 0.4) is 0 Å². The van der Waals surface area contributed by atoms with E-state index in [-0.39, 0.29) is 18.1 Å². The molecule has 0 aromatic heterocycles. The minimum atomic E-state index is 0.0817. The van der Waals surface area contributed by atoms with Gasteiger partial charge in [0.2, 0.25) is 0 Å². The van der Waals surface area contributed by atoms with Gasteiger partial charge in [-0.1, -0.05) is 50.0 Å². The van der Waals surface area contributed by atoms with E-state index in [0.29, 0.717) is 10.0 Å². The molecule has 2 nitrogen and oxygen atoms in total. The van der Waals surface area contributed by atoms with Crippen LogP contribution in [0, 0.1) is 5.41 Å². The molecule has 1 atom stereocenters. The molecule has 1 aromatic rings. The summed E-state index contributed by atoms with van der Waals surface area (Å²) < 4.78 is 0. The van der Waals surface area contributed by atoms with Crippen LogP contribution >= 0.6 is 23.2 Å². The molecule has 108 valence electrons. The Balaban J connectivity index is 2.70. The van der Waals surface area contributed by atoms with Crippen molar-refractivity contribution >= 4 is 23.2 Å². The summed E-state index contributed by atoms with van der Waals surface area (Å²) in [6.45, 7) is 7.51. The number of halogens is 2. The maximum absolute atomic E-state index is 9.05. The average Bonchev–Trinajstić information content (AvgIpc) is 2.34. The summed E-state index contributed by atoms with van der Waals surface area (Å²) >= 11 is 12.0. The maximum atomic E-state index is 9.05. The van der Waals surface area contributed by atoms with E-state index in [4.69, 9.17) is 28.3 Å². The topological polar surface area (TPSA) is 32.3 Å². The van der Waals surface area contributed by atoms with Crippen molar-refractivity contribution in [3.05, 3.63) is 33.8 Å². The number of aliphatic hydroxyl groups excluding tert-OH is 1. The molecule has 0 radical (unpaired) electrons. The zero-order valence-corrected chi connectivity index (χ0v) is 13.4. The summed E-state index contributed by atoms with van der Waals surface area (Å²) in [7, 11) is 0. The summed E-state index contributed by atoms with van der Waals surface area (Å²) in [5.74, 6) is 0. The molecule has 1 unspecified atom stereocenters. The van der Waals surface area contributed by atoms with Gasteiger partial charge < -0.3 is 10.4 Å². The first-order chi connectivity index (χ1) is 8.89. The highest BCUT2D eigenvalue weighted by molar-refractivity contribution is 6.42. The van der Waals surface area contributed by atoms with Crippen LogP contribution in [0.1, 0.15) is 45.2 Å². The molecule has 4 heteroatoms. The van der Waals surface area contributed by atoms with Gasteiger partial charge in [0.15, 0.2) is 0 Å². The molecule has 1 rings (SSSR count). The summed E-state index contributed by atoms with van der Waals surface area (Å²) in [4.78, 5) is 0. The number of rotatable bonds is 7. The van der Waals surface area contributed by atoms with Crippen LogP contribution < -0.4 is 5.32 Å². The SMILES string of the molecule is CCC(NCC(C)(C)CCO)c1ccc(Cl)c(Cl)c1. The second-order valence-corrected chi connectivity index (χ2v) is 6.47. The maximum Gasteiger partial charge on any atom is 0.0595 e. The third kappa shape index (κ3) is 5.31. The van der Waals surface area contributed by atoms with Gasteiger partial charge in [-0.25, -0.2) is 0 Å². The fourth-order valence-corrected chi connectivity index (χ4v) is 2.32. The molecule has 0 amide bonds. The summed E-state index contributed by atoms with van der Waals surface area (Å²) in [6.07, 6.45) is 1.77. The Morgan fingerprint density at radius 3 is 2.47 bits per heavy atom. The Morgan fingerprint density at radius 1 is 1.26 bits per heavy atom. The molecule has 2 N–H and O–H groups in total. The van der Waals surface area contributed by atoms with Gasteiger partial charge in [-0.15, -0.1) is 0 Å². The van der Waals surface area contributed by atoms with Crippen LogP contribution in [-0.2, 0) is 0 Å². The van der Waals surface area contributed by atoms with Gasteiger partial charge >= 0.3 is 0 Å². The van der Waals surface area contributed by atoms with Gasteiger partial charge in [0.1, 0.15) is 0 Å². The molecule has 19 heavy (non-hydrogen) atoms. The second kappa shape index (κ2) is 7.49. The third-order valence-electron chi connectivity index (χ3n) is 3.37. The van der Waals surface area contributed by atoms with Gasteiger partial charge in [-0.05, 0) is 36.0 Å². The molecule has 0 saturated carbocycles. The van der Waals surface area contributed by atoms with Crippen LogP contribution in [0.25, 0.3) is 0 Å². The largest absolute Gasteiger partial charge is 0.396 e. The first-order valence-electron chi connectivity index (χ1n) is 6.69. The van der Waals surface area contributed by atoms with Crippen LogP contribution in [0.4, 0.5) is 0 Å². The molecular formula is C15H23Cl2NO. The first kappa shape index (κ1) is 16.8. The van der Waals surface area contributed by atoms with E-state index in [9.17, 15) is 0 Å². The van der Waals surface area contributed by atoms with E-state index in [1.807, 2.05) is 18.2 Å². The lowest BCUT2D eigenvalue weighted by atomic mass is 9.89. The Hall–Kier alpha value is -0.280. The minimum Gasteiger partial charge on any atom is -0.396 e. The zero-order chi connectivity index (χ0) is 14.5. The van der Waals surface area contributed by atoms with Crippen molar-refractivity contribution in [1.82, 2.24) is 5.32 Å². The fraction of sp³-hybridized carbons (Fsp3) is 0.600.